The summed E-state index contributed by atoms with van der Waals surface area (Å²) < 4.78 is 0. The molecule has 1 aromatic rings. The van der Waals surface area contributed by atoms with Crippen molar-refractivity contribution >= 4 is 5.91 Å². The molecule has 1 N–H and O–H groups in total. The molecule has 0 spiro atoms. The zero-order valence-electron chi connectivity index (χ0n) is 11.9. The Morgan fingerprint density at radius 2 is 2.35 bits per heavy atom. The fourth-order valence-electron chi connectivity index (χ4n) is 2.64. The van der Waals surface area contributed by atoms with Crippen LogP contribution >= 0.6 is 0 Å². The van der Waals surface area contributed by atoms with E-state index in [2.05, 4.69) is 18.8 Å². The second kappa shape index (κ2) is 7.12. The maximum atomic E-state index is 12.5. The van der Waals surface area contributed by atoms with Crippen molar-refractivity contribution in [3.8, 4) is 11.8 Å². The Balaban J connectivity index is 2.12. The third-order valence-electron chi connectivity index (χ3n) is 3.80. The second-order valence-corrected chi connectivity index (χ2v) is 5.21. The fourth-order valence-corrected chi connectivity index (χ4v) is 2.64. The standard InChI is InChI=1S/C17H21NO2/c1-2-14-7-4-10-18(13-14)17(20)16-9-3-6-15(12-16)8-5-11-19/h3,6,9,12,14,19H,2,4,7,10-11,13H2,1H3. The van der Waals surface area contributed by atoms with Crippen molar-refractivity contribution in [1.82, 2.24) is 4.90 Å². The van der Waals surface area contributed by atoms with Crippen molar-refractivity contribution in [1.29, 1.82) is 0 Å². The number of benzene rings is 1. The first-order chi connectivity index (χ1) is 9.74. The van der Waals surface area contributed by atoms with Crippen molar-refractivity contribution in [3.05, 3.63) is 35.4 Å². The van der Waals surface area contributed by atoms with Crippen LogP contribution in [0.3, 0.4) is 0 Å². The molecule has 1 aromatic carbocycles. The van der Waals surface area contributed by atoms with Gasteiger partial charge in [-0.1, -0.05) is 31.3 Å². The SMILES string of the molecule is CCC1CCCN(C(=O)c2cccc(C#CCO)c2)C1. The normalized spacial score (nSPS) is 18.3. The van der Waals surface area contributed by atoms with Gasteiger partial charge >= 0.3 is 0 Å². The zero-order chi connectivity index (χ0) is 14.4. The van der Waals surface area contributed by atoms with Crippen LogP contribution < -0.4 is 0 Å². The molecule has 0 aromatic heterocycles. The molecular weight excluding hydrogens is 250 g/mol. The quantitative estimate of drug-likeness (QED) is 0.838. The highest BCUT2D eigenvalue weighted by Gasteiger charge is 2.23. The summed E-state index contributed by atoms with van der Waals surface area (Å²) in [5, 5.41) is 8.72. The van der Waals surface area contributed by atoms with Gasteiger partial charge in [-0.3, -0.25) is 4.79 Å². The highest BCUT2D eigenvalue weighted by atomic mass is 16.2. The molecule has 1 saturated heterocycles. The number of amides is 1. The summed E-state index contributed by atoms with van der Waals surface area (Å²) in [7, 11) is 0. The number of likely N-dealkylation sites (tertiary alicyclic amines) is 1. The average molecular weight is 271 g/mol. The smallest absolute Gasteiger partial charge is 0.253 e. The number of hydrogen-bond acceptors (Lipinski definition) is 2. The number of carbonyl (C=O) groups excluding carboxylic acids is 1. The van der Waals surface area contributed by atoms with Crippen LogP contribution in [0, 0.1) is 17.8 Å². The summed E-state index contributed by atoms with van der Waals surface area (Å²) in [6.07, 6.45) is 3.45. The molecule has 1 fully saturated rings. The maximum Gasteiger partial charge on any atom is 0.253 e. The lowest BCUT2D eigenvalue weighted by molar-refractivity contribution is 0.0671. The highest BCUT2D eigenvalue weighted by molar-refractivity contribution is 5.94. The number of hydrogen-bond donors (Lipinski definition) is 1. The summed E-state index contributed by atoms with van der Waals surface area (Å²) in [4.78, 5) is 14.5. The summed E-state index contributed by atoms with van der Waals surface area (Å²) >= 11 is 0. The summed E-state index contributed by atoms with van der Waals surface area (Å²) in [5.74, 6) is 6.17. The molecule has 1 aliphatic heterocycles. The number of nitrogens with zero attached hydrogens (tertiary/aromatic N) is 1. The molecule has 0 radical (unpaired) electrons. The van der Waals surface area contributed by atoms with Gasteiger partial charge in [-0.2, -0.15) is 0 Å². The van der Waals surface area contributed by atoms with Gasteiger partial charge < -0.3 is 10.0 Å². The molecule has 0 saturated carbocycles. The van der Waals surface area contributed by atoms with Gasteiger partial charge in [0.2, 0.25) is 0 Å². The van der Waals surface area contributed by atoms with Gasteiger partial charge in [0.1, 0.15) is 6.61 Å². The molecule has 0 aliphatic carbocycles. The monoisotopic (exact) mass is 271 g/mol. The lowest BCUT2D eigenvalue weighted by atomic mass is 9.95. The third kappa shape index (κ3) is 3.61. The largest absolute Gasteiger partial charge is 0.384 e. The highest BCUT2D eigenvalue weighted by Crippen LogP contribution is 2.21. The lowest BCUT2D eigenvalue weighted by Crippen LogP contribution is -2.39. The van der Waals surface area contributed by atoms with Gasteiger partial charge in [-0.25, -0.2) is 0 Å². The molecule has 1 atom stereocenters. The predicted octanol–water partition coefficient (Wildman–Crippen LogP) is 2.29. The van der Waals surface area contributed by atoms with E-state index in [9.17, 15) is 4.79 Å². The first kappa shape index (κ1) is 14.6. The minimum absolute atomic E-state index is 0.0933. The first-order valence-corrected chi connectivity index (χ1v) is 7.23. The van der Waals surface area contributed by atoms with Crippen LogP contribution in [0.15, 0.2) is 24.3 Å². The topological polar surface area (TPSA) is 40.5 Å². The average Bonchev–Trinajstić information content (AvgIpc) is 2.52. The van der Waals surface area contributed by atoms with E-state index in [1.54, 1.807) is 6.07 Å². The second-order valence-electron chi connectivity index (χ2n) is 5.21. The van der Waals surface area contributed by atoms with Crippen molar-refractivity contribution in [2.24, 2.45) is 5.92 Å². The molecule has 0 bridgehead atoms. The molecule has 106 valence electrons. The van der Waals surface area contributed by atoms with Crippen LogP contribution in [-0.4, -0.2) is 35.6 Å². The van der Waals surface area contributed by atoms with E-state index in [1.807, 2.05) is 23.1 Å². The first-order valence-electron chi connectivity index (χ1n) is 7.23. The Kier molecular flexibility index (Phi) is 5.20. The Morgan fingerprint density at radius 1 is 1.50 bits per heavy atom. The van der Waals surface area contributed by atoms with Crippen molar-refractivity contribution in [3.63, 3.8) is 0 Å². The van der Waals surface area contributed by atoms with Crippen LogP contribution in [-0.2, 0) is 0 Å². The number of piperidine rings is 1. The van der Waals surface area contributed by atoms with E-state index in [4.69, 9.17) is 5.11 Å². The summed E-state index contributed by atoms with van der Waals surface area (Å²) in [6.45, 7) is 3.73. The summed E-state index contributed by atoms with van der Waals surface area (Å²) in [5.41, 5.74) is 1.46. The molecule has 1 amide bonds. The third-order valence-corrected chi connectivity index (χ3v) is 3.80. The molecule has 3 heteroatoms. The van der Waals surface area contributed by atoms with Gasteiger partial charge in [0.05, 0.1) is 0 Å². The minimum atomic E-state index is -0.164. The Labute approximate surface area is 120 Å². The van der Waals surface area contributed by atoms with E-state index in [1.165, 1.54) is 6.42 Å². The van der Waals surface area contributed by atoms with E-state index in [0.29, 0.717) is 11.5 Å². The number of aliphatic hydroxyl groups is 1. The van der Waals surface area contributed by atoms with Gasteiger partial charge in [0, 0.05) is 24.2 Å². The van der Waals surface area contributed by atoms with E-state index >= 15 is 0 Å². The van der Waals surface area contributed by atoms with Crippen molar-refractivity contribution in [2.45, 2.75) is 26.2 Å². The molecule has 1 aliphatic rings. The van der Waals surface area contributed by atoms with Crippen LogP contribution in [0.4, 0.5) is 0 Å². The lowest BCUT2D eigenvalue weighted by Gasteiger charge is -2.32. The minimum Gasteiger partial charge on any atom is -0.384 e. The van der Waals surface area contributed by atoms with Crippen LogP contribution in [0.2, 0.25) is 0 Å². The van der Waals surface area contributed by atoms with Crippen LogP contribution in [0.1, 0.15) is 42.1 Å². The molecule has 2 rings (SSSR count). The molecule has 3 nitrogen and oxygen atoms in total. The molecular formula is C17H21NO2. The molecule has 1 heterocycles. The number of aliphatic hydroxyl groups excluding tert-OH is 1. The van der Waals surface area contributed by atoms with Gasteiger partial charge in [-0.05, 0) is 37.0 Å². The fraction of sp³-hybridized carbons (Fsp3) is 0.471. The van der Waals surface area contributed by atoms with E-state index in [0.717, 1.165) is 31.5 Å². The molecule has 1 unspecified atom stereocenters. The van der Waals surface area contributed by atoms with E-state index < -0.39 is 0 Å². The Hall–Kier alpha value is -1.79. The van der Waals surface area contributed by atoms with Gasteiger partial charge in [0.15, 0.2) is 0 Å². The Morgan fingerprint density at radius 3 is 3.10 bits per heavy atom. The van der Waals surface area contributed by atoms with Crippen LogP contribution in [0.25, 0.3) is 0 Å². The van der Waals surface area contributed by atoms with Crippen LogP contribution in [0.5, 0.6) is 0 Å². The Bertz CT molecular complexity index is 527. The number of rotatable bonds is 2. The number of carbonyl (C=O) groups is 1. The summed E-state index contributed by atoms with van der Waals surface area (Å²) in [6, 6.07) is 7.34. The van der Waals surface area contributed by atoms with E-state index in [-0.39, 0.29) is 12.5 Å². The molecule has 20 heavy (non-hydrogen) atoms. The van der Waals surface area contributed by atoms with Gasteiger partial charge in [0.25, 0.3) is 5.91 Å². The van der Waals surface area contributed by atoms with Crippen molar-refractivity contribution < 1.29 is 9.90 Å². The van der Waals surface area contributed by atoms with Crippen molar-refractivity contribution in [2.75, 3.05) is 19.7 Å². The predicted molar refractivity (Wildman–Crippen MR) is 79.3 cm³/mol. The zero-order valence-corrected chi connectivity index (χ0v) is 11.9. The maximum absolute atomic E-state index is 12.5. The van der Waals surface area contributed by atoms with Gasteiger partial charge in [-0.15, -0.1) is 0 Å².